The lowest BCUT2D eigenvalue weighted by molar-refractivity contribution is -0.0278. The molecule has 1 atom stereocenters. The van der Waals surface area contributed by atoms with Gasteiger partial charge in [0.1, 0.15) is 22.6 Å². The second-order valence-electron chi connectivity index (χ2n) is 11.2. The van der Waals surface area contributed by atoms with Crippen LogP contribution < -0.4 is 15.8 Å². The number of hydrogen-bond donors (Lipinski definition) is 2. The van der Waals surface area contributed by atoms with Crippen LogP contribution in [-0.2, 0) is 14.2 Å². The van der Waals surface area contributed by atoms with Gasteiger partial charge >= 0.3 is 18.3 Å². The van der Waals surface area contributed by atoms with Crippen molar-refractivity contribution in [3.63, 3.8) is 0 Å². The number of imide groups is 1. The summed E-state index contributed by atoms with van der Waals surface area (Å²) in [6.45, 7) is 15.1. The largest absolute Gasteiger partial charge is 0.495 e. The minimum Gasteiger partial charge on any atom is -0.495 e. The first kappa shape index (κ1) is 28.6. The minimum absolute atomic E-state index is 0.306. The molecule has 0 aromatic heterocycles. The van der Waals surface area contributed by atoms with E-state index < -0.39 is 41.4 Å². The number of hydrogen-bond acceptors (Lipinski definition) is 9. The number of anilines is 1. The van der Waals surface area contributed by atoms with E-state index in [0.29, 0.717) is 27.6 Å². The molecule has 11 heteroatoms. The molecular formula is C25H38N4O7. The molecule has 0 radical (unpaired) electrons. The maximum absolute atomic E-state index is 13.4. The summed E-state index contributed by atoms with van der Waals surface area (Å²) in [5.41, 5.74) is 4.53. The third-order valence-electron chi connectivity index (χ3n) is 4.41. The van der Waals surface area contributed by atoms with Gasteiger partial charge in [-0.2, -0.15) is 4.90 Å². The zero-order valence-corrected chi connectivity index (χ0v) is 22.7. The van der Waals surface area contributed by atoms with Crippen LogP contribution in [-0.4, -0.2) is 58.3 Å². The maximum Gasteiger partial charge on any atom is 0.423 e. The smallest absolute Gasteiger partial charge is 0.423 e. The Morgan fingerprint density at radius 3 is 1.81 bits per heavy atom. The van der Waals surface area contributed by atoms with E-state index in [4.69, 9.17) is 24.7 Å². The van der Waals surface area contributed by atoms with Gasteiger partial charge in [0.15, 0.2) is 0 Å². The number of methoxy groups -OCH3 is 1. The molecule has 0 fully saturated rings. The second-order valence-corrected chi connectivity index (χ2v) is 11.2. The molecule has 1 aliphatic rings. The lowest BCUT2D eigenvalue weighted by Crippen LogP contribution is -2.59. The fourth-order valence-electron chi connectivity index (χ4n) is 3.14. The van der Waals surface area contributed by atoms with E-state index in [2.05, 4.69) is 5.32 Å². The molecule has 0 saturated carbocycles. The Kier molecular flexibility index (Phi) is 8.07. The van der Waals surface area contributed by atoms with Gasteiger partial charge in [0.25, 0.3) is 0 Å². The first-order chi connectivity index (χ1) is 16.3. The van der Waals surface area contributed by atoms with E-state index in [1.165, 1.54) is 13.3 Å². The Labute approximate surface area is 212 Å². The summed E-state index contributed by atoms with van der Waals surface area (Å²) in [5, 5.41) is 2.92. The van der Waals surface area contributed by atoms with Gasteiger partial charge < -0.3 is 30.0 Å². The summed E-state index contributed by atoms with van der Waals surface area (Å²) in [6.07, 6.45) is -2.69. The van der Waals surface area contributed by atoms with Crippen LogP contribution in [0.5, 0.6) is 5.75 Å². The van der Waals surface area contributed by atoms with Gasteiger partial charge in [0.2, 0.25) is 6.29 Å². The van der Waals surface area contributed by atoms with Crippen LogP contribution in [0.2, 0.25) is 0 Å². The SMILES string of the molecule is COc1ccc(C2=CNC(N(C(=O)OC(C)(C)C)C(=O)OC(C)(C)C)N2C(=O)OC(C)(C)C)cc1N. The van der Waals surface area contributed by atoms with Crippen LogP contribution in [0.3, 0.4) is 0 Å². The molecule has 11 nitrogen and oxygen atoms in total. The van der Waals surface area contributed by atoms with Gasteiger partial charge in [-0.3, -0.25) is 0 Å². The number of nitrogens with one attached hydrogen (secondary N) is 1. The Morgan fingerprint density at radius 2 is 1.39 bits per heavy atom. The monoisotopic (exact) mass is 506 g/mol. The molecule has 3 amide bonds. The van der Waals surface area contributed by atoms with E-state index in [0.717, 1.165) is 4.90 Å². The first-order valence-corrected chi connectivity index (χ1v) is 11.5. The molecule has 1 heterocycles. The molecule has 0 spiro atoms. The summed E-state index contributed by atoms with van der Waals surface area (Å²) in [4.78, 5) is 41.7. The molecule has 1 aromatic carbocycles. The predicted molar refractivity (Wildman–Crippen MR) is 135 cm³/mol. The molecule has 200 valence electrons. The van der Waals surface area contributed by atoms with Gasteiger partial charge in [-0.1, -0.05) is 0 Å². The van der Waals surface area contributed by atoms with Crippen LogP contribution in [0, 0.1) is 0 Å². The van der Waals surface area contributed by atoms with Crippen molar-refractivity contribution in [1.82, 2.24) is 15.1 Å². The van der Waals surface area contributed by atoms with Crippen molar-refractivity contribution in [3.8, 4) is 5.75 Å². The molecule has 0 aliphatic carbocycles. The van der Waals surface area contributed by atoms with Crippen molar-refractivity contribution in [2.45, 2.75) is 85.4 Å². The van der Waals surface area contributed by atoms with Gasteiger partial charge in [0, 0.05) is 11.8 Å². The first-order valence-electron chi connectivity index (χ1n) is 11.5. The summed E-state index contributed by atoms with van der Waals surface area (Å²) in [5.74, 6) is 0.454. The zero-order valence-electron chi connectivity index (χ0n) is 22.7. The van der Waals surface area contributed by atoms with E-state index >= 15 is 0 Å². The van der Waals surface area contributed by atoms with Crippen molar-refractivity contribution < 1.29 is 33.3 Å². The van der Waals surface area contributed by atoms with E-state index in [1.54, 1.807) is 80.5 Å². The summed E-state index contributed by atoms with van der Waals surface area (Å²) >= 11 is 0. The highest BCUT2D eigenvalue weighted by Gasteiger charge is 2.46. The van der Waals surface area contributed by atoms with E-state index in [1.807, 2.05) is 0 Å². The molecule has 1 aliphatic heterocycles. The third kappa shape index (κ3) is 7.43. The van der Waals surface area contributed by atoms with Crippen LogP contribution in [0.4, 0.5) is 20.1 Å². The number of benzene rings is 1. The molecule has 1 unspecified atom stereocenters. The number of amides is 3. The normalized spacial score (nSPS) is 16.0. The molecule has 3 N–H and O–H groups in total. The van der Waals surface area contributed by atoms with Crippen LogP contribution in [0.15, 0.2) is 24.4 Å². The molecule has 0 bridgehead atoms. The van der Waals surface area contributed by atoms with Gasteiger partial charge in [-0.25, -0.2) is 19.3 Å². The summed E-state index contributed by atoms with van der Waals surface area (Å²) < 4.78 is 21.8. The zero-order chi connectivity index (χ0) is 27.6. The Balaban J connectivity index is 2.59. The molecule has 36 heavy (non-hydrogen) atoms. The lowest BCUT2D eigenvalue weighted by atomic mass is 10.1. The maximum atomic E-state index is 13.4. The molecule has 0 saturated heterocycles. The van der Waals surface area contributed by atoms with Gasteiger partial charge in [-0.05, 0) is 80.5 Å². The fraction of sp³-hybridized carbons (Fsp3) is 0.560. The van der Waals surface area contributed by atoms with Crippen LogP contribution >= 0.6 is 0 Å². The second kappa shape index (κ2) is 10.2. The molecular weight excluding hydrogens is 468 g/mol. The van der Waals surface area contributed by atoms with Crippen LogP contribution in [0.25, 0.3) is 5.70 Å². The van der Waals surface area contributed by atoms with Crippen molar-refractivity contribution in [3.05, 3.63) is 30.0 Å². The average molecular weight is 507 g/mol. The Bertz CT molecular complexity index is 1000. The van der Waals surface area contributed by atoms with E-state index in [9.17, 15) is 14.4 Å². The molecule has 1 aromatic rings. The van der Waals surface area contributed by atoms with Gasteiger partial charge in [-0.15, -0.1) is 0 Å². The van der Waals surface area contributed by atoms with Crippen molar-refractivity contribution in [1.29, 1.82) is 0 Å². The predicted octanol–water partition coefficient (Wildman–Crippen LogP) is 4.87. The van der Waals surface area contributed by atoms with Crippen molar-refractivity contribution >= 4 is 29.7 Å². The van der Waals surface area contributed by atoms with Gasteiger partial charge in [0.05, 0.1) is 18.5 Å². The highest BCUT2D eigenvalue weighted by atomic mass is 16.6. The number of nitrogens with zero attached hydrogens (tertiary/aromatic N) is 2. The summed E-state index contributed by atoms with van der Waals surface area (Å²) in [7, 11) is 1.49. The van der Waals surface area contributed by atoms with Crippen molar-refractivity contribution in [2.75, 3.05) is 12.8 Å². The number of rotatable bonds is 3. The highest BCUT2D eigenvalue weighted by Crippen LogP contribution is 2.33. The lowest BCUT2D eigenvalue weighted by Gasteiger charge is -2.36. The third-order valence-corrected chi connectivity index (χ3v) is 4.41. The van der Waals surface area contributed by atoms with Crippen molar-refractivity contribution in [2.24, 2.45) is 0 Å². The minimum atomic E-state index is -1.34. The number of ether oxygens (including phenoxy) is 4. The molecule has 2 rings (SSSR count). The van der Waals surface area contributed by atoms with Crippen LogP contribution in [0.1, 0.15) is 67.9 Å². The Morgan fingerprint density at radius 1 is 0.889 bits per heavy atom. The number of nitrogens with two attached hydrogens (primary N) is 1. The Hall–Kier alpha value is -3.63. The highest BCUT2D eigenvalue weighted by molar-refractivity contribution is 5.91. The summed E-state index contributed by atoms with van der Waals surface area (Å²) in [6, 6.07) is 4.94. The number of nitrogen functional groups attached to an aromatic ring is 1. The quantitative estimate of drug-likeness (QED) is 0.435. The standard InChI is InChI=1S/C25H38N4O7/c1-23(2,3)34-20(30)28-17(15-11-12-18(33-10)16(26)13-15)14-27-19(28)29(21(31)35-24(4,5)6)22(32)36-25(7,8)9/h11-14,19,27H,26H2,1-10H3. The average Bonchev–Trinajstić information content (AvgIpc) is 3.08. The topological polar surface area (TPSA) is 133 Å². The van der Waals surface area contributed by atoms with E-state index in [-0.39, 0.29) is 0 Å². The fourth-order valence-corrected chi connectivity index (χ4v) is 3.14. The number of carbonyl (C=O) groups excluding carboxylic acids is 3. The number of carbonyl (C=O) groups is 3.